The van der Waals surface area contributed by atoms with Gasteiger partial charge in [0.15, 0.2) is 0 Å². The number of hydrogen-bond donors (Lipinski definition) is 1. The molecule has 5 heteroatoms. The molecular weight excluding hydrogens is 266 g/mol. The van der Waals surface area contributed by atoms with Crippen LogP contribution in [-0.2, 0) is 16.1 Å². The Bertz CT molecular complexity index is 518. The summed E-state index contributed by atoms with van der Waals surface area (Å²) in [6.45, 7) is 6.20. The molecule has 1 aliphatic heterocycles. The number of rotatable bonds is 5. The van der Waals surface area contributed by atoms with Crippen LogP contribution in [0.5, 0.6) is 0 Å². The van der Waals surface area contributed by atoms with Crippen molar-refractivity contribution in [2.24, 2.45) is 0 Å². The highest BCUT2D eigenvalue weighted by atomic mass is 16.2. The fourth-order valence-electron chi connectivity index (χ4n) is 2.68. The maximum Gasteiger partial charge on any atom is 0.249 e. The zero-order valence-electron chi connectivity index (χ0n) is 12.9. The summed E-state index contributed by atoms with van der Waals surface area (Å²) in [6, 6.07) is 3.38. The maximum atomic E-state index is 12.8. The van der Waals surface area contributed by atoms with Gasteiger partial charge in [-0.05, 0) is 37.5 Å². The van der Waals surface area contributed by atoms with E-state index in [4.69, 9.17) is 0 Å². The van der Waals surface area contributed by atoms with Crippen molar-refractivity contribution < 1.29 is 9.59 Å². The first-order chi connectivity index (χ1) is 10.0. The van der Waals surface area contributed by atoms with Crippen LogP contribution in [0.3, 0.4) is 0 Å². The quantitative estimate of drug-likeness (QED) is 0.900. The summed E-state index contributed by atoms with van der Waals surface area (Å²) >= 11 is 0. The third kappa shape index (κ3) is 3.06. The lowest BCUT2D eigenvalue weighted by molar-refractivity contribution is -0.155. The number of pyridine rings is 1. The van der Waals surface area contributed by atoms with Crippen LogP contribution in [0.2, 0.25) is 0 Å². The molecule has 1 aromatic rings. The van der Waals surface area contributed by atoms with E-state index >= 15 is 0 Å². The van der Waals surface area contributed by atoms with Gasteiger partial charge in [-0.2, -0.15) is 0 Å². The minimum atomic E-state index is -0.797. The molecular formula is C16H23N3O2. The van der Waals surface area contributed by atoms with E-state index in [0.29, 0.717) is 19.4 Å². The van der Waals surface area contributed by atoms with E-state index in [-0.39, 0.29) is 17.9 Å². The molecule has 1 aromatic heterocycles. The van der Waals surface area contributed by atoms with Gasteiger partial charge in [0.05, 0.1) is 0 Å². The highest BCUT2D eigenvalue weighted by molar-refractivity contribution is 5.99. The summed E-state index contributed by atoms with van der Waals surface area (Å²) in [6.07, 6.45) is 5.54. The third-order valence-electron chi connectivity index (χ3n) is 4.18. The Labute approximate surface area is 125 Å². The average molecular weight is 289 g/mol. The number of hydrogen-bond acceptors (Lipinski definition) is 3. The normalized spacial score (nSPS) is 25.9. The van der Waals surface area contributed by atoms with Gasteiger partial charge in [0.2, 0.25) is 11.8 Å². The molecule has 0 radical (unpaired) electrons. The predicted octanol–water partition coefficient (Wildman–Crippen LogP) is 1.88. The van der Waals surface area contributed by atoms with Crippen molar-refractivity contribution in [2.75, 3.05) is 0 Å². The SMILES string of the molecule is CCCC1C(=O)NC(C)(CC)C(=O)N1Cc1ccncc1. The fourth-order valence-corrected chi connectivity index (χ4v) is 2.68. The largest absolute Gasteiger partial charge is 0.340 e. The van der Waals surface area contributed by atoms with E-state index in [1.54, 1.807) is 24.2 Å². The number of amides is 2. The first-order valence-corrected chi connectivity index (χ1v) is 7.53. The third-order valence-corrected chi connectivity index (χ3v) is 4.18. The minimum Gasteiger partial charge on any atom is -0.340 e. The second kappa shape index (κ2) is 6.24. The highest BCUT2D eigenvalue weighted by Crippen LogP contribution is 2.25. The summed E-state index contributed by atoms with van der Waals surface area (Å²) in [7, 11) is 0. The van der Waals surface area contributed by atoms with Gasteiger partial charge in [-0.25, -0.2) is 0 Å². The fraction of sp³-hybridized carbons (Fsp3) is 0.562. The van der Waals surface area contributed by atoms with Crippen LogP contribution in [-0.4, -0.2) is 33.3 Å². The average Bonchev–Trinajstić information content (AvgIpc) is 2.49. The maximum absolute atomic E-state index is 12.8. The van der Waals surface area contributed by atoms with Gasteiger partial charge < -0.3 is 10.2 Å². The molecule has 2 atom stereocenters. The zero-order chi connectivity index (χ0) is 15.5. The van der Waals surface area contributed by atoms with E-state index < -0.39 is 5.54 Å². The first kappa shape index (κ1) is 15.5. The second-order valence-electron chi connectivity index (χ2n) is 5.77. The predicted molar refractivity (Wildman–Crippen MR) is 80.3 cm³/mol. The second-order valence-corrected chi connectivity index (χ2v) is 5.77. The molecule has 5 nitrogen and oxygen atoms in total. The molecule has 2 heterocycles. The Kier molecular flexibility index (Phi) is 4.60. The van der Waals surface area contributed by atoms with Crippen molar-refractivity contribution in [3.05, 3.63) is 30.1 Å². The Morgan fingerprint density at radius 1 is 1.29 bits per heavy atom. The summed E-state index contributed by atoms with van der Waals surface area (Å²) in [5.41, 5.74) is 0.196. The lowest BCUT2D eigenvalue weighted by atomic mass is 9.90. The van der Waals surface area contributed by atoms with Crippen molar-refractivity contribution in [1.82, 2.24) is 15.2 Å². The van der Waals surface area contributed by atoms with Crippen molar-refractivity contribution in [3.8, 4) is 0 Å². The van der Waals surface area contributed by atoms with Crippen LogP contribution < -0.4 is 5.32 Å². The van der Waals surface area contributed by atoms with Crippen LogP contribution >= 0.6 is 0 Å². The van der Waals surface area contributed by atoms with Gasteiger partial charge in [-0.3, -0.25) is 14.6 Å². The van der Waals surface area contributed by atoms with E-state index in [0.717, 1.165) is 12.0 Å². The van der Waals surface area contributed by atoms with E-state index in [1.807, 2.05) is 26.0 Å². The lowest BCUT2D eigenvalue weighted by Gasteiger charge is -2.44. The van der Waals surface area contributed by atoms with E-state index in [2.05, 4.69) is 10.3 Å². The van der Waals surface area contributed by atoms with Crippen LogP contribution in [0.25, 0.3) is 0 Å². The molecule has 1 fully saturated rings. The summed E-state index contributed by atoms with van der Waals surface area (Å²) in [5, 5.41) is 2.90. The van der Waals surface area contributed by atoms with Crippen LogP contribution in [0.4, 0.5) is 0 Å². The van der Waals surface area contributed by atoms with E-state index in [1.165, 1.54) is 0 Å². The molecule has 114 valence electrons. The molecule has 0 aromatic carbocycles. The number of carbonyl (C=O) groups excluding carboxylic acids is 2. The van der Waals surface area contributed by atoms with Crippen LogP contribution in [0.1, 0.15) is 45.6 Å². The zero-order valence-corrected chi connectivity index (χ0v) is 12.9. The standard InChI is InChI=1S/C16H23N3O2/c1-4-6-13-14(20)18-16(3,5-2)15(21)19(13)11-12-7-9-17-10-8-12/h7-10,13H,4-6,11H2,1-3H3,(H,18,20). The number of carbonyl (C=O) groups is 2. The molecule has 2 amide bonds. The number of piperazine rings is 1. The molecule has 0 bridgehead atoms. The van der Waals surface area contributed by atoms with Gasteiger partial charge in [0.25, 0.3) is 0 Å². The van der Waals surface area contributed by atoms with Crippen molar-refractivity contribution in [2.45, 2.75) is 58.2 Å². The Morgan fingerprint density at radius 3 is 2.52 bits per heavy atom. The molecule has 21 heavy (non-hydrogen) atoms. The van der Waals surface area contributed by atoms with E-state index in [9.17, 15) is 9.59 Å². The summed E-state index contributed by atoms with van der Waals surface area (Å²) in [4.78, 5) is 30.9. The molecule has 1 N–H and O–H groups in total. The van der Waals surface area contributed by atoms with Crippen LogP contribution in [0.15, 0.2) is 24.5 Å². The monoisotopic (exact) mass is 289 g/mol. The van der Waals surface area contributed by atoms with Gasteiger partial charge in [-0.1, -0.05) is 20.3 Å². The topological polar surface area (TPSA) is 62.3 Å². The molecule has 0 spiro atoms. The lowest BCUT2D eigenvalue weighted by Crippen LogP contribution is -2.68. The van der Waals surface area contributed by atoms with Crippen molar-refractivity contribution in [1.29, 1.82) is 0 Å². The number of aromatic nitrogens is 1. The summed E-state index contributed by atoms with van der Waals surface area (Å²) < 4.78 is 0. The first-order valence-electron chi connectivity index (χ1n) is 7.53. The smallest absolute Gasteiger partial charge is 0.249 e. The number of nitrogens with one attached hydrogen (secondary N) is 1. The van der Waals surface area contributed by atoms with Gasteiger partial charge in [0, 0.05) is 18.9 Å². The molecule has 2 unspecified atom stereocenters. The Hall–Kier alpha value is -1.91. The Morgan fingerprint density at radius 2 is 1.95 bits per heavy atom. The molecule has 1 aliphatic rings. The highest BCUT2D eigenvalue weighted by Gasteiger charge is 2.46. The minimum absolute atomic E-state index is 0.000128. The van der Waals surface area contributed by atoms with Gasteiger partial charge >= 0.3 is 0 Å². The van der Waals surface area contributed by atoms with Gasteiger partial charge in [-0.15, -0.1) is 0 Å². The molecule has 2 rings (SSSR count). The van der Waals surface area contributed by atoms with Crippen molar-refractivity contribution >= 4 is 11.8 Å². The molecule has 1 saturated heterocycles. The van der Waals surface area contributed by atoms with Crippen molar-refractivity contribution in [3.63, 3.8) is 0 Å². The Balaban J connectivity index is 2.30. The van der Waals surface area contributed by atoms with Crippen LogP contribution in [0, 0.1) is 0 Å². The molecule has 0 saturated carbocycles. The van der Waals surface area contributed by atoms with Gasteiger partial charge in [0.1, 0.15) is 11.6 Å². The number of nitrogens with zero attached hydrogens (tertiary/aromatic N) is 2. The summed E-state index contributed by atoms with van der Waals surface area (Å²) in [5.74, 6) is -0.0466. The molecule has 0 aliphatic carbocycles.